The average molecular weight is 769 g/mol. The van der Waals surface area contributed by atoms with Crippen LogP contribution < -0.4 is 4.90 Å². The first-order valence-electron chi connectivity index (χ1n) is 21.2. The van der Waals surface area contributed by atoms with Crippen molar-refractivity contribution >= 4 is 49.6 Å². The Morgan fingerprint density at radius 3 is 1.73 bits per heavy atom. The molecule has 0 unspecified atom stereocenters. The zero-order valence-electron chi connectivity index (χ0n) is 34.4. The SMILES string of the molecule is CC1(C)c2ccccc2-c2c(N(c3cccc(-c4cc(-n5c6ccccc6c6ccccc65)c5ccccc5c4)c3)c3cccc4c3C(C)(C)c3ccccc3-4)cccc21. The summed E-state index contributed by atoms with van der Waals surface area (Å²) < 4.78 is 2.46. The van der Waals surface area contributed by atoms with E-state index in [1.54, 1.807) is 0 Å². The fraction of sp³-hybridized carbons (Fsp3) is 0.103. The smallest absolute Gasteiger partial charge is 0.0546 e. The van der Waals surface area contributed by atoms with E-state index in [1.807, 2.05) is 0 Å². The zero-order chi connectivity index (χ0) is 40.3. The van der Waals surface area contributed by atoms with Gasteiger partial charge in [0.15, 0.2) is 0 Å². The van der Waals surface area contributed by atoms with Crippen LogP contribution in [0, 0.1) is 0 Å². The summed E-state index contributed by atoms with van der Waals surface area (Å²) in [6.45, 7) is 9.55. The summed E-state index contributed by atoms with van der Waals surface area (Å²) >= 11 is 0. The highest BCUT2D eigenvalue weighted by molar-refractivity contribution is 6.11. The number of nitrogens with zero attached hydrogens (tertiary/aromatic N) is 2. The lowest BCUT2D eigenvalue weighted by Gasteiger charge is -2.34. The third-order valence-electron chi connectivity index (χ3n) is 13.7. The summed E-state index contributed by atoms with van der Waals surface area (Å²) in [5.74, 6) is 0. The monoisotopic (exact) mass is 768 g/mol. The summed E-state index contributed by atoms with van der Waals surface area (Å²) in [4.78, 5) is 2.57. The molecule has 1 heterocycles. The van der Waals surface area contributed by atoms with Crippen LogP contribution in [0.15, 0.2) is 194 Å². The van der Waals surface area contributed by atoms with Crippen molar-refractivity contribution in [3.8, 4) is 39.1 Å². The second-order valence-corrected chi connectivity index (χ2v) is 17.7. The predicted molar refractivity (Wildman–Crippen MR) is 254 cm³/mol. The van der Waals surface area contributed by atoms with E-state index < -0.39 is 0 Å². The zero-order valence-corrected chi connectivity index (χ0v) is 34.4. The van der Waals surface area contributed by atoms with Crippen molar-refractivity contribution in [1.29, 1.82) is 0 Å². The maximum absolute atomic E-state index is 2.57. The van der Waals surface area contributed by atoms with Crippen molar-refractivity contribution in [3.63, 3.8) is 0 Å². The number of hydrogen-bond acceptors (Lipinski definition) is 1. The highest BCUT2D eigenvalue weighted by Gasteiger charge is 2.41. The number of rotatable bonds is 5. The summed E-state index contributed by atoms with van der Waals surface area (Å²) in [6.07, 6.45) is 0. The van der Waals surface area contributed by atoms with E-state index in [2.05, 4.69) is 231 Å². The summed E-state index contributed by atoms with van der Waals surface area (Å²) in [6, 6.07) is 72.4. The predicted octanol–water partition coefficient (Wildman–Crippen LogP) is 15.7. The molecule has 0 bridgehead atoms. The Kier molecular flexibility index (Phi) is 7.36. The van der Waals surface area contributed by atoms with Gasteiger partial charge in [0, 0.05) is 38.2 Å². The largest absolute Gasteiger partial charge is 0.310 e. The molecule has 0 atom stereocenters. The normalized spacial score (nSPS) is 14.3. The minimum Gasteiger partial charge on any atom is -0.310 e. The molecule has 2 heteroatoms. The number of fused-ring (bicyclic) bond motifs is 10. The van der Waals surface area contributed by atoms with Crippen molar-refractivity contribution in [2.45, 2.75) is 38.5 Å². The number of hydrogen-bond donors (Lipinski definition) is 0. The average Bonchev–Trinajstić information content (AvgIpc) is 3.84. The molecule has 60 heavy (non-hydrogen) atoms. The van der Waals surface area contributed by atoms with Crippen molar-refractivity contribution in [2.24, 2.45) is 0 Å². The molecule has 1 aromatic heterocycles. The van der Waals surface area contributed by atoms with Crippen molar-refractivity contribution < 1.29 is 0 Å². The molecule has 10 aromatic rings. The van der Waals surface area contributed by atoms with Crippen LogP contribution in [0.2, 0.25) is 0 Å². The molecule has 286 valence electrons. The lowest BCUT2D eigenvalue weighted by Crippen LogP contribution is -2.21. The Labute approximate surface area is 351 Å². The molecule has 0 fully saturated rings. The Hall–Kier alpha value is -7.16. The maximum atomic E-state index is 2.57. The van der Waals surface area contributed by atoms with Crippen LogP contribution in [0.5, 0.6) is 0 Å². The van der Waals surface area contributed by atoms with Gasteiger partial charge in [0.1, 0.15) is 0 Å². The fourth-order valence-electron chi connectivity index (χ4n) is 11.0. The highest BCUT2D eigenvalue weighted by Crippen LogP contribution is 2.58. The molecule has 0 amide bonds. The van der Waals surface area contributed by atoms with Gasteiger partial charge in [-0.25, -0.2) is 0 Å². The Morgan fingerprint density at radius 1 is 0.400 bits per heavy atom. The molecule has 2 aliphatic rings. The van der Waals surface area contributed by atoms with E-state index in [4.69, 9.17) is 0 Å². The Morgan fingerprint density at radius 2 is 0.967 bits per heavy atom. The molecule has 2 nitrogen and oxygen atoms in total. The second-order valence-electron chi connectivity index (χ2n) is 17.7. The maximum Gasteiger partial charge on any atom is 0.0546 e. The first-order valence-corrected chi connectivity index (χ1v) is 21.2. The van der Waals surface area contributed by atoms with Crippen LogP contribution in [0.3, 0.4) is 0 Å². The van der Waals surface area contributed by atoms with Gasteiger partial charge in [-0.1, -0.05) is 173 Å². The van der Waals surface area contributed by atoms with Gasteiger partial charge < -0.3 is 9.47 Å². The van der Waals surface area contributed by atoms with E-state index in [0.717, 1.165) is 5.69 Å². The third-order valence-corrected chi connectivity index (χ3v) is 13.7. The number of benzene rings is 9. The van der Waals surface area contributed by atoms with Gasteiger partial charge in [-0.2, -0.15) is 0 Å². The minimum atomic E-state index is -0.205. The standard InChI is InChI=1S/C58H44N2/c1-57(2)48-28-12-8-25-46(48)55-49(57)29-17-32-52(55)59(53-33-16-26-45-42-22-7-11-27-47(42)58(3,4)56(45)53)40-20-15-19-37(35-40)39-34-38-18-5-6-21-41(38)54(36-39)60-50-30-13-9-23-43(50)44-24-10-14-31-51(44)60/h5-36H,1-4H3. The van der Waals surface area contributed by atoms with Crippen molar-refractivity contribution in [2.75, 3.05) is 4.90 Å². The van der Waals surface area contributed by atoms with Gasteiger partial charge in [0.05, 0.1) is 28.1 Å². The quantitative estimate of drug-likeness (QED) is 0.169. The molecule has 0 aliphatic heterocycles. The number of aromatic nitrogens is 1. The van der Waals surface area contributed by atoms with Gasteiger partial charge >= 0.3 is 0 Å². The van der Waals surface area contributed by atoms with Crippen LogP contribution in [-0.2, 0) is 10.8 Å². The van der Waals surface area contributed by atoms with E-state index in [1.165, 1.54) is 105 Å². The lowest BCUT2D eigenvalue weighted by molar-refractivity contribution is 0.659. The van der Waals surface area contributed by atoms with Crippen molar-refractivity contribution in [1.82, 2.24) is 4.57 Å². The Bertz CT molecular complexity index is 3340. The van der Waals surface area contributed by atoms with Crippen LogP contribution in [0.25, 0.3) is 71.6 Å². The lowest BCUT2D eigenvalue weighted by atomic mass is 9.81. The van der Waals surface area contributed by atoms with Gasteiger partial charge in [-0.3, -0.25) is 0 Å². The molecule has 12 rings (SSSR count). The summed E-state index contributed by atoms with van der Waals surface area (Å²) in [7, 11) is 0. The second kappa shape index (κ2) is 12.7. The highest BCUT2D eigenvalue weighted by atomic mass is 15.2. The minimum absolute atomic E-state index is 0.127. The van der Waals surface area contributed by atoms with Gasteiger partial charge in [-0.05, 0) is 104 Å². The molecule has 0 spiro atoms. The number of para-hydroxylation sites is 2. The molecular weight excluding hydrogens is 725 g/mol. The van der Waals surface area contributed by atoms with E-state index in [9.17, 15) is 0 Å². The van der Waals surface area contributed by atoms with E-state index in [0.29, 0.717) is 0 Å². The van der Waals surface area contributed by atoms with Crippen LogP contribution in [0.4, 0.5) is 17.1 Å². The molecular formula is C58H44N2. The van der Waals surface area contributed by atoms with E-state index >= 15 is 0 Å². The summed E-state index contributed by atoms with van der Waals surface area (Å²) in [5, 5.41) is 4.98. The molecule has 0 N–H and O–H groups in total. The molecule has 2 aliphatic carbocycles. The van der Waals surface area contributed by atoms with Gasteiger partial charge in [0.25, 0.3) is 0 Å². The van der Waals surface area contributed by atoms with Crippen LogP contribution >= 0.6 is 0 Å². The first kappa shape index (κ1) is 34.8. The van der Waals surface area contributed by atoms with Crippen molar-refractivity contribution in [3.05, 3.63) is 216 Å². The number of anilines is 3. The summed E-state index contributed by atoms with van der Waals surface area (Å²) in [5.41, 5.74) is 19.9. The molecule has 9 aromatic carbocycles. The van der Waals surface area contributed by atoms with Gasteiger partial charge in [0.2, 0.25) is 0 Å². The third kappa shape index (κ3) is 4.82. The fourth-order valence-corrected chi connectivity index (χ4v) is 11.0. The Balaban J connectivity index is 1.12. The van der Waals surface area contributed by atoms with E-state index in [-0.39, 0.29) is 10.8 Å². The van der Waals surface area contributed by atoms with Crippen LogP contribution in [0.1, 0.15) is 49.9 Å². The molecule has 0 radical (unpaired) electrons. The topological polar surface area (TPSA) is 8.17 Å². The molecule has 0 saturated heterocycles. The molecule has 0 saturated carbocycles. The van der Waals surface area contributed by atoms with Crippen LogP contribution in [-0.4, -0.2) is 4.57 Å². The first-order chi connectivity index (χ1) is 29.3. The van der Waals surface area contributed by atoms with Gasteiger partial charge in [-0.15, -0.1) is 0 Å².